The van der Waals surface area contributed by atoms with Crippen LogP contribution in [-0.2, 0) is 5.54 Å². The van der Waals surface area contributed by atoms with Gasteiger partial charge in [0, 0.05) is 0 Å². The summed E-state index contributed by atoms with van der Waals surface area (Å²) in [5.74, 6) is 0.335. The van der Waals surface area contributed by atoms with E-state index >= 15 is 0 Å². The Hall–Kier alpha value is -3.46. The molecule has 3 nitrogen and oxygen atoms in total. The Morgan fingerprint density at radius 1 is 0.731 bits per heavy atom. The zero-order valence-electron chi connectivity index (χ0n) is 14.1. The maximum absolute atomic E-state index is 11.7. The monoisotopic (exact) mass is 337 g/mol. The van der Waals surface area contributed by atoms with Gasteiger partial charge in [-0.3, -0.25) is 4.79 Å². The molecule has 0 spiro atoms. The fraction of sp³-hybridized carbons (Fsp3) is 0.0435. The van der Waals surface area contributed by atoms with Crippen LogP contribution < -0.4 is 0 Å². The van der Waals surface area contributed by atoms with Crippen LogP contribution in [0.5, 0.6) is 0 Å². The fourth-order valence-electron chi connectivity index (χ4n) is 3.55. The van der Waals surface area contributed by atoms with E-state index in [0.717, 1.165) is 23.0 Å². The molecule has 3 heteroatoms. The van der Waals surface area contributed by atoms with E-state index < -0.39 is 5.54 Å². The van der Waals surface area contributed by atoms with Crippen molar-refractivity contribution in [2.24, 2.45) is 0 Å². The normalized spacial score (nSPS) is 11.2. The Bertz CT molecular complexity index is 895. The molecule has 0 saturated heterocycles. The molecule has 0 saturated carbocycles. The molecule has 0 aliphatic rings. The predicted molar refractivity (Wildman–Crippen MR) is 101 cm³/mol. The van der Waals surface area contributed by atoms with Gasteiger partial charge in [-0.1, -0.05) is 91.0 Å². The first-order chi connectivity index (χ1) is 12.9. The van der Waals surface area contributed by atoms with Gasteiger partial charge in [-0.2, -0.15) is 0 Å². The zero-order valence-corrected chi connectivity index (χ0v) is 14.1. The molecule has 0 fully saturated rings. The lowest BCUT2D eigenvalue weighted by Crippen LogP contribution is -2.38. The molecule has 1 radical (unpaired) electrons. The number of imidazole rings is 1. The number of hydrogen-bond acceptors (Lipinski definition) is 2. The van der Waals surface area contributed by atoms with Crippen LogP contribution in [0.25, 0.3) is 0 Å². The molecule has 0 unspecified atom stereocenters. The van der Waals surface area contributed by atoms with E-state index in [4.69, 9.17) is 0 Å². The molecule has 125 valence electrons. The molecule has 4 aromatic rings. The highest BCUT2D eigenvalue weighted by Crippen LogP contribution is 2.40. The number of carbonyl (C=O) groups excluding carboxylic acids is 1. The predicted octanol–water partition coefficient (Wildman–Crippen LogP) is 4.34. The van der Waals surface area contributed by atoms with E-state index in [1.165, 1.54) is 0 Å². The lowest BCUT2D eigenvalue weighted by Gasteiger charge is -2.37. The molecule has 0 atom stereocenters. The van der Waals surface area contributed by atoms with Gasteiger partial charge in [-0.25, -0.2) is 4.98 Å². The number of rotatable bonds is 5. The second-order valence-electron chi connectivity index (χ2n) is 6.01. The van der Waals surface area contributed by atoms with Gasteiger partial charge < -0.3 is 4.57 Å². The Kier molecular flexibility index (Phi) is 4.20. The SMILES string of the molecule is O=Cc1nc[c]n1C(c1ccccc1)(c1ccccc1)c1ccccc1. The molecule has 0 aliphatic carbocycles. The summed E-state index contributed by atoms with van der Waals surface area (Å²) >= 11 is 0. The van der Waals surface area contributed by atoms with E-state index in [9.17, 15) is 4.79 Å². The summed E-state index contributed by atoms with van der Waals surface area (Å²) < 4.78 is 1.83. The first-order valence-electron chi connectivity index (χ1n) is 8.45. The lowest BCUT2D eigenvalue weighted by atomic mass is 9.76. The Morgan fingerprint density at radius 2 is 1.15 bits per heavy atom. The van der Waals surface area contributed by atoms with Gasteiger partial charge >= 0.3 is 0 Å². The third kappa shape index (κ3) is 2.45. The van der Waals surface area contributed by atoms with Gasteiger partial charge in [0.15, 0.2) is 12.1 Å². The number of hydrogen-bond donors (Lipinski definition) is 0. The highest BCUT2D eigenvalue weighted by Gasteiger charge is 2.39. The first kappa shape index (κ1) is 16.0. The molecular weight excluding hydrogens is 320 g/mol. The molecule has 0 N–H and O–H groups in total. The van der Waals surface area contributed by atoms with Crippen molar-refractivity contribution >= 4 is 6.29 Å². The minimum atomic E-state index is -0.740. The Labute approximate surface area is 152 Å². The van der Waals surface area contributed by atoms with Crippen molar-refractivity contribution in [3.05, 3.63) is 126 Å². The summed E-state index contributed by atoms with van der Waals surface area (Å²) in [6.45, 7) is 0. The lowest BCUT2D eigenvalue weighted by molar-refractivity contribution is 0.110. The van der Waals surface area contributed by atoms with Gasteiger partial charge in [0.25, 0.3) is 0 Å². The smallest absolute Gasteiger partial charge is 0.185 e. The topological polar surface area (TPSA) is 34.9 Å². The molecular formula is C23H17N2O. The molecule has 0 bridgehead atoms. The van der Waals surface area contributed by atoms with Crippen molar-refractivity contribution in [1.82, 2.24) is 9.55 Å². The summed E-state index contributed by atoms with van der Waals surface area (Å²) in [6, 6.07) is 30.4. The van der Waals surface area contributed by atoms with E-state index in [2.05, 4.69) is 47.6 Å². The van der Waals surface area contributed by atoms with Gasteiger partial charge in [0.2, 0.25) is 0 Å². The average molecular weight is 337 g/mol. The first-order valence-corrected chi connectivity index (χ1v) is 8.45. The minimum absolute atomic E-state index is 0.335. The van der Waals surface area contributed by atoms with Gasteiger partial charge in [-0.15, -0.1) is 0 Å². The summed E-state index contributed by atoms with van der Waals surface area (Å²) in [5.41, 5.74) is 2.37. The third-order valence-electron chi connectivity index (χ3n) is 4.63. The summed E-state index contributed by atoms with van der Waals surface area (Å²) in [5, 5.41) is 0. The Morgan fingerprint density at radius 3 is 1.54 bits per heavy atom. The summed E-state index contributed by atoms with van der Waals surface area (Å²) in [6.07, 6.45) is 5.49. The standard InChI is InChI=1S/C23H17N2O/c26-18-22-24-16-17-25(22)23(19-10-4-1-5-11-19,20-12-6-2-7-13-20)21-14-8-3-9-15-21/h1-16,18H. The van der Waals surface area contributed by atoms with Crippen LogP contribution in [0.1, 0.15) is 27.3 Å². The Balaban J connectivity index is 2.16. The van der Waals surface area contributed by atoms with E-state index in [0.29, 0.717) is 5.82 Å². The van der Waals surface area contributed by atoms with Crippen molar-refractivity contribution < 1.29 is 4.79 Å². The number of carbonyl (C=O) groups is 1. The van der Waals surface area contributed by atoms with E-state index in [-0.39, 0.29) is 0 Å². The largest absolute Gasteiger partial charge is 0.302 e. The van der Waals surface area contributed by atoms with Crippen LogP contribution in [-0.4, -0.2) is 15.8 Å². The number of benzene rings is 3. The average Bonchev–Trinajstić information content (AvgIpc) is 3.20. The molecule has 0 aliphatic heterocycles. The number of aldehydes is 1. The maximum Gasteiger partial charge on any atom is 0.185 e. The van der Waals surface area contributed by atoms with Crippen LogP contribution in [0.4, 0.5) is 0 Å². The zero-order chi connectivity index (χ0) is 17.8. The highest BCUT2D eigenvalue weighted by atomic mass is 16.1. The maximum atomic E-state index is 11.7. The fourth-order valence-corrected chi connectivity index (χ4v) is 3.55. The third-order valence-corrected chi connectivity index (χ3v) is 4.63. The molecule has 1 heterocycles. The number of aromatic nitrogens is 2. The van der Waals surface area contributed by atoms with E-state index in [1.54, 1.807) is 6.20 Å². The highest BCUT2D eigenvalue weighted by molar-refractivity contribution is 5.70. The van der Waals surface area contributed by atoms with Crippen LogP contribution in [0.15, 0.2) is 97.2 Å². The van der Waals surface area contributed by atoms with Crippen molar-refractivity contribution in [3.8, 4) is 0 Å². The van der Waals surface area contributed by atoms with Gasteiger partial charge in [0.1, 0.15) is 5.54 Å². The van der Waals surface area contributed by atoms with E-state index in [1.807, 2.05) is 59.2 Å². The summed E-state index contributed by atoms with van der Waals surface area (Å²) in [7, 11) is 0. The van der Waals surface area contributed by atoms with Crippen molar-refractivity contribution in [2.45, 2.75) is 5.54 Å². The molecule has 1 aromatic heterocycles. The van der Waals surface area contributed by atoms with Crippen LogP contribution in [0.2, 0.25) is 0 Å². The van der Waals surface area contributed by atoms with Gasteiger partial charge in [-0.05, 0) is 16.7 Å². The second kappa shape index (κ2) is 6.81. The molecule has 4 rings (SSSR count). The van der Waals surface area contributed by atoms with Crippen molar-refractivity contribution in [3.63, 3.8) is 0 Å². The van der Waals surface area contributed by atoms with Crippen LogP contribution >= 0.6 is 0 Å². The van der Waals surface area contributed by atoms with Crippen molar-refractivity contribution in [1.29, 1.82) is 0 Å². The van der Waals surface area contributed by atoms with Crippen molar-refractivity contribution in [2.75, 3.05) is 0 Å². The second-order valence-corrected chi connectivity index (χ2v) is 6.01. The molecule has 0 amide bonds. The quantitative estimate of drug-likeness (QED) is 0.401. The summed E-state index contributed by atoms with van der Waals surface area (Å²) in [4.78, 5) is 15.9. The van der Waals surface area contributed by atoms with Crippen LogP contribution in [0.3, 0.4) is 0 Å². The molecule has 26 heavy (non-hydrogen) atoms. The van der Waals surface area contributed by atoms with Crippen LogP contribution in [0, 0.1) is 6.20 Å². The molecule has 3 aromatic carbocycles. The minimum Gasteiger partial charge on any atom is -0.302 e. The van der Waals surface area contributed by atoms with Gasteiger partial charge in [0.05, 0.1) is 12.4 Å². The number of nitrogens with zero attached hydrogens (tertiary/aromatic N) is 2.